The molecule has 3 nitrogen and oxygen atoms in total. The molecule has 0 amide bonds. The molecule has 1 N–H and O–H groups in total. The van der Waals surface area contributed by atoms with Gasteiger partial charge in [0.25, 0.3) is 0 Å². The summed E-state index contributed by atoms with van der Waals surface area (Å²) in [5.74, 6) is 1.29. The van der Waals surface area contributed by atoms with Gasteiger partial charge in [-0.3, -0.25) is 9.69 Å². The summed E-state index contributed by atoms with van der Waals surface area (Å²) in [5, 5.41) is 8.88. The number of hydrogen-bond acceptors (Lipinski definition) is 2. The van der Waals surface area contributed by atoms with Gasteiger partial charge in [-0.25, -0.2) is 0 Å². The third-order valence-electron chi connectivity index (χ3n) is 5.49. The van der Waals surface area contributed by atoms with E-state index in [1.807, 2.05) is 0 Å². The molecule has 0 aromatic carbocycles. The van der Waals surface area contributed by atoms with Crippen molar-refractivity contribution in [1.82, 2.24) is 4.90 Å². The summed E-state index contributed by atoms with van der Waals surface area (Å²) in [7, 11) is 0. The number of fused-ring (bicyclic) bond motifs is 2. The van der Waals surface area contributed by atoms with Gasteiger partial charge in [0.2, 0.25) is 0 Å². The summed E-state index contributed by atoms with van der Waals surface area (Å²) in [4.78, 5) is 13.5. The zero-order valence-corrected chi connectivity index (χ0v) is 11.2. The lowest BCUT2D eigenvalue weighted by molar-refractivity contribution is -0.137. The number of carboxylic acids is 1. The van der Waals surface area contributed by atoms with Gasteiger partial charge in [-0.1, -0.05) is 12.8 Å². The van der Waals surface area contributed by atoms with Gasteiger partial charge in [-0.05, 0) is 56.9 Å². The van der Waals surface area contributed by atoms with E-state index in [2.05, 4.69) is 4.90 Å². The first-order chi connectivity index (χ1) is 8.74. The Bertz CT molecular complexity index is 318. The van der Waals surface area contributed by atoms with Crippen molar-refractivity contribution in [3.05, 3.63) is 0 Å². The van der Waals surface area contributed by atoms with Crippen LogP contribution >= 0.6 is 0 Å². The number of nitrogens with zero attached hydrogens (tertiary/aromatic N) is 1. The second-order valence-corrected chi connectivity index (χ2v) is 6.56. The van der Waals surface area contributed by atoms with Crippen molar-refractivity contribution >= 4 is 5.97 Å². The van der Waals surface area contributed by atoms with Crippen LogP contribution in [-0.4, -0.2) is 34.6 Å². The highest BCUT2D eigenvalue weighted by molar-refractivity contribution is 5.66. The van der Waals surface area contributed by atoms with Gasteiger partial charge < -0.3 is 5.11 Å². The molecule has 1 saturated heterocycles. The molecule has 2 bridgehead atoms. The van der Waals surface area contributed by atoms with Crippen LogP contribution in [0.1, 0.15) is 57.8 Å². The molecule has 3 fully saturated rings. The summed E-state index contributed by atoms with van der Waals surface area (Å²) in [6.07, 6.45) is 10.8. The number of aliphatic carboxylic acids is 1. The molecule has 2 aliphatic carbocycles. The highest BCUT2D eigenvalue weighted by Crippen LogP contribution is 2.48. The maximum Gasteiger partial charge on any atom is 0.303 e. The van der Waals surface area contributed by atoms with Gasteiger partial charge in [0.05, 0.1) is 0 Å². The summed E-state index contributed by atoms with van der Waals surface area (Å²) >= 11 is 0. The molecule has 1 heterocycles. The lowest BCUT2D eigenvalue weighted by atomic mass is 9.89. The molecule has 102 valence electrons. The smallest absolute Gasteiger partial charge is 0.303 e. The molecule has 0 radical (unpaired) electrons. The fourth-order valence-corrected chi connectivity index (χ4v) is 4.68. The number of likely N-dealkylation sites (tertiary alicyclic amines) is 1. The largest absolute Gasteiger partial charge is 0.481 e. The monoisotopic (exact) mass is 251 g/mol. The van der Waals surface area contributed by atoms with E-state index >= 15 is 0 Å². The number of hydrogen-bond donors (Lipinski definition) is 1. The molecule has 0 aromatic heterocycles. The minimum atomic E-state index is -0.631. The quantitative estimate of drug-likeness (QED) is 0.835. The average Bonchev–Trinajstić information content (AvgIpc) is 2.99. The summed E-state index contributed by atoms with van der Waals surface area (Å²) in [6, 6.07) is 1.35. The summed E-state index contributed by atoms with van der Waals surface area (Å²) in [6.45, 7) is 1.22. The molecule has 4 unspecified atom stereocenters. The SMILES string of the molecule is O=C(O)CCC1CCCCN1C1CC2CCC1C2. The molecule has 0 aromatic rings. The topological polar surface area (TPSA) is 40.5 Å². The first-order valence-electron chi connectivity index (χ1n) is 7.71. The van der Waals surface area contributed by atoms with Crippen LogP contribution in [0.2, 0.25) is 0 Å². The van der Waals surface area contributed by atoms with Crippen LogP contribution in [0.4, 0.5) is 0 Å². The van der Waals surface area contributed by atoms with Gasteiger partial charge in [0.15, 0.2) is 0 Å². The van der Waals surface area contributed by atoms with Gasteiger partial charge in [0, 0.05) is 18.5 Å². The maximum atomic E-state index is 10.8. The first-order valence-corrected chi connectivity index (χ1v) is 7.71. The van der Waals surface area contributed by atoms with E-state index < -0.39 is 5.97 Å². The van der Waals surface area contributed by atoms with Crippen molar-refractivity contribution in [1.29, 1.82) is 0 Å². The minimum absolute atomic E-state index is 0.349. The first kappa shape index (κ1) is 12.5. The van der Waals surface area contributed by atoms with Crippen LogP contribution in [0.5, 0.6) is 0 Å². The normalized spacial score (nSPS) is 40.2. The Kier molecular flexibility index (Phi) is 3.60. The third-order valence-corrected chi connectivity index (χ3v) is 5.49. The molecule has 3 heteroatoms. The fourth-order valence-electron chi connectivity index (χ4n) is 4.68. The van der Waals surface area contributed by atoms with Crippen LogP contribution in [0, 0.1) is 11.8 Å². The minimum Gasteiger partial charge on any atom is -0.481 e. The fraction of sp³-hybridized carbons (Fsp3) is 0.933. The zero-order valence-electron chi connectivity index (χ0n) is 11.2. The lowest BCUT2D eigenvalue weighted by Gasteiger charge is -2.43. The van der Waals surface area contributed by atoms with Gasteiger partial charge in [-0.2, -0.15) is 0 Å². The van der Waals surface area contributed by atoms with Crippen molar-refractivity contribution in [3.63, 3.8) is 0 Å². The molecule has 4 atom stereocenters. The average molecular weight is 251 g/mol. The van der Waals surface area contributed by atoms with Gasteiger partial charge in [-0.15, -0.1) is 0 Å². The molecular formula is C15H25NO2. The Labute approximate surface area is 110 Å². The van der Waals surface area contributed by atoms with E-state index in [4.69, 9.17) is 5.11 Å². The van der Waals surface area contributed by atoms with Crippen LogP contribution < -0.4 is 0 Å². The van der Waals surface area contributed by atoms with E-state index in [1.165, 1.54) is 51.5 Å². The Morgan fingerprint density at radius 1 is 1.17 bits per heavy atom. The van der Waals surface area contributed by atoms with Gasteiger partial charge in [0.1, 0.15) is 0 Å². The second kappa shape index (κ2) is 5.20. The van der Waals surface area contributed by atoms with Gasteiger partial charge >= 0.3 is 5.97 Å². The van der Waals surface area contributed by atoms with Crippen molar-refractivity contribution < 1.29 is 9.90 Å². The lowest BCUT2D eigenvalue weighted by Crippen LogP contribution is -2.48. The molecule has 1 aliphatic heterocycles. The predicted octanol–water partition coefficient (Wildman–Crippen LogP) is 2.89. The van der Waals surface area contributed by atoms with E-state index in [0.29, 0.717) is 12.5 Å². The molecule has 3 aliphatic rings. The Morgan fingerprint density at radius 2 is 2.06 bits per heavy atom. The standard InChI is InChI=1S/C15H25NO2/c17-15(18)7-6-13-3-1-2-8-16(13)14-10-11-4-5-12(14)9-11/h11-14H,1-10H2,(H,17,18). The van der Waals surface area contributed by atoms with Crippen molar-refractivity contribution in [2.24, 2.45) is 11.8 Å². The van der Waals surface area contributed by atoms with Crippen LogP contribution in [-0.2, 0) is 4.79 Å². The highest BCUT2D eigenvalue weighted by Gasteiger charge is 2.44. The number of carbonyl (C=O) groups is 1. The molecular weight excluding hydrogens is 226 g/mol. The molecule has 18 heavy (non-hydrogen) atoms. The van der Waals surface area contributed by atoms with Crippen molar-refractivity contribution in [2.45, 2.75) is 69.9 Å². The number of piperidine rings is 1. The molecule has 0 spiro atoms. The Morgan fingerprint density at radius 3 is 2.72 bits per heavy atom. The van der Waals surface area contributed by atoms with E-state index in [9.17, 15) is 4.79 Å². The third kappa shape index (κ3) is 2.42. The summed E-state index contributed by atoms with van der Waals surface area (Å²) in [5.41, 5.74) is 0. The number of rotatable bonds is 4. The van der Waals surface area contributed by atoms with Crippen molar-refractivity contribution in [3.8, 4) is 0 Å². The van der Waals surface area contributed by atoms with Crippen molar-refractivity contribution in [2.75, 3.05) is 6.54 Å². The molecule has 3 rings (SSSR count). The van der Waals surface area contributed by atoms with Crippen LogP contribution in [0.15, 0.2) is 0 Å². The van der Waals surface area contributed by atoms with E-state index in [1.54, 1.807) is 0 Å². The Balaban J connectivity index is 1.62. The number of carboxylic acid groups (broad SMARTS) is 1. The Hall–Kier alpha value is -0.570. The zero-order chi connectivity index (χ0) is 12.5. The maximum absolute atomic E-state index is 10.8. The van der Waals surface area contributed by atoms with E-state index in [-0.39, 0.29) is 0 Å². The summed E-state index contributed by atoms with van der Waals surface area (Å²) < 4.78 is 0. The van der Waals surface area contributed by atoms with E-state index in [0.717, 1.165) is 24.3 Å². The predicted molar refractivity (Wildman–Crippen MR) is 70.5 cm³/mol. The van der Waals surface area contributed by atoms with Crippen LogP contribution in [0.3, 0.4) is 0 Å². The van der Waals surface area contributed by atoms with Crippen LogP contribution in [0.25, 0.3) is 0 Å². The second-order valence-electron chi connectivity index (χ2n) is 6.56. The highest BCUT2D eigenvalue weighted by atomic mass is 16.4. The molecule has 2 saturated carbocycles.